The predicted octanol–water partition coefficient (Wildman–Crippen LogP) is 3.98. The number of fused-ring (bicyclic) bond motifs is 1. The fourth-order valence-corrected chi connectivity index (χ4v) is 2.73. The number of methoxy groups -OCH3 is 1. The zero-order chi connectivity index (χ0) is 17.3. The van der Waals surface area contributed by atoms with Crippen molar-refractivity contribution in [1.82, 2.24) is 4.98 Å². The number of aryl methyl sites for hydroxylation is 1. The van der Waals surface area contributed by atoms with Gasteiger partial charge < -0.3 is 18.9 Å². The highest BCUT2D eigenvalue weighted by atomic mass is 79.9. The van der Waals surface area contributed by atoms with Crippen LogP contribution < -0.4 is 0 Å². The van der Waals surface area contributed by atoms with Crippen LogP contribution in [0.15, 0.2) is 39.2 Å². The van der Waals surface area contributed by atoms with E-state index in [0.29, 0.717) is 22.8 Å². The van der Waals surface area contributed by atoms with Crippen molar-refractivity contribution in [3.8, 4) is 0 Å². The number of esters is 2. The average molecular weight is 392 g/mol. The Hall–Kier alpha value is -2.54. The van der Waals surface area contributed by atoms with Crippen molar-refractivity contribution >= 4 is 38.8 Å². The van der Waals surface area contributed by atoms with Crippen LogP contribution in [0.1, 0.15) is 32.4 Å². The molecule has 7 heteroatoms. The number of H-pyrrole nitrogens is 1. The van der Waals surface area contributed by atoms with Crippen molar-refractivity contribution in [1.29, 1.82) is 0 Å². The number of ether oxygens (including phenoxy) is 2. The summed E-state index contributed by atoms with van der Waals surface area (Å²) in [6.45, 7) is 1.57. The monoisotopic (exact) mass is 391 g/mol. The third-order valence-electron chi connectivity index (χ3n) is 3.52. The molecular formula is C17H14BrNO5. The van der Waals surface area contributed by atoms with Gasteiger partial charge in [0.25, 0.3) is 0 Å². The maximum Gasteiger partial charge on any atom is 0.355 e. The van der Waals surface area contributed by atoms with Gasteiger partial charge in [0, 0.05) is 15.4 Å². The summed E-state index contributed by atoms with van der Waals surface area (Å²) in [5.41, 5.74) is 1.51. The molecule has 1 aromatic carbocycles. The molecule has 124 valence electrons. The molecule has 0 saturated heterocycles. The first-order chi connectivity index (χ1) is 11.5. The Labute approximate surface area is 145 Å². The first kappa shape index (κ1) is 16.3. The van der Waals surface area contributed by atoms with E-state index in [9.17, 15) is 9.59 Å². The Morgan fingerprint density at radius 3 is 2.75 bits per heavy atom. The number of carbonyl (C=O) groups excluding carboxylic acids is 2. The quantitative estimate of drug-likeness (QED) is 0.680. The van der Waals surface area contributed by atoms with E-state index < -0.39 is 11.9 Å². The highest BCUT2D eigenvalue weighted by Gasteiger charge is 2.17. The summed E-state index contributed by atoms with van der Waals surface area (Å²) >= 11 is 3.39. The zero-order valence-corrected chi connectivity index (χ0v) is 14.6. The molecule has 3 aromatic rings. The summed E-state index contributed by atoms with van der Waals surface area (Å²) in [4.78, 5) is 26.7. The van der Waals surface area contributed by atoms with E-state index in [4.69, 9.17) is 9.15 Å². The fraction of sp³-hybridized carbons (Fsp3) is 0.176. The number of carbonyl (C=O) groups is 2. The van der Waals surface area contributed by atoms with Gasteiger partial charge in [0.05, 0.1) is 7.11 Å². The lowest BCUT2D eigenvalue weighted by molar-refractivity contribution is 0.0438. The summed E-state index contributed by atoms with van der Waals surface area (Å²) < 4.78 is 16.2. The first-order valence-electron chi connectivity index (χ1n) is 7.11. The molecular weight excluding hydrogens is 378 g/mol. The number of rotatable bonds is 4. The van der Waals surface area contributed by atoms with E-state index in [1.807, 2.05) is 18.2 Å². The molecule has 0 saturated carbocycles. The molecule has 0 spiro atoms. The summed E-state index contributed by atoms with van der Waals surface area (Å²) in [5.74, 6) is -0.200. The van der Waals surface area contributed by atoms with Gasteiger partial charge in [0.1, 0.15) is 29.4 Å². The van der Waals surface area contributed by atoms with E-state index in [-0.39, 0.29) is 6.61 Å². The van der Waals surface area contributed by atoms with E-state index in [0.717, 1.165) is 15.4 Å². The lowest BCUT2D eigenvalue weighted by atomic mass is 10.2. The minimum Gasteiger partial charge on any atom is -0.465 e. The van der Waals surface area contributed by atoms with Gasteiger partial charge in [-0.2, -0.15) is 0 Å². The SMILES string of the molecule is COC(=O)c1cc(COC(=O)c2cc3cc(Br)ccc3[nH]2)oc1C. The number of hydrogen-bond acceptors (Lipinski definition) is 5. The number of benzene rings is 1. The standard InChI is InChI=1S/C17H14BrNO5/c1-9-13(16(20)22-2)7-12(24-9)8-23-17(21)15-6-10-5-11(18)3-4-14(10)19-15/h3-7,19H,8H2,1-2H3. The van der Waals surface area contributed by atoms with Gasteiger partial charge in [0.15, 0.2) is 0 Å². The van der Waals surface area contributed by atoms with Gasteiger partial charge in [-0.1, -0.05) is 15.9 Å². The largest absolute Gasteiger partial charge is 0.465 e. The molecule has 0 bridgehead atoms. The van der Waals surface area contributed by atoms with Crippen LogP contribution in [-0.2, 0) is 16.1 Å². The van der Waals surface area contributed by atoms with Crippen LogP contribution >= 0.6 is 15.9 Å². The number of aromatic amines is 1. The van der Waals surface area contributed by atoms with Crippen LogP contribution in [0.2, 0.25) is 0 Å². The molecule has 0 aliphatic rings. The van der Waals surface area contributed by atoms with Crippen molar-refractivity contribution in [2.24, 2.45) is 0 Å². The lowest BCUT2D eigenvalue weighted by Crippen LogP contribution is -2.05. The van der Waals surface area contributed by atoms with Crippen molar-refractivity contribution in [3.05, 3.63) is 57.6 Å². The van der Waals surface area contributed by atoms with Crippen LogP contribution in [0.3, 0.4) is 0 Å². The van der Waals surface area contributed by atoms with E-state index in [2.05, 4.69) is 25.7 Å². The van der Waals surface area contributed by atoms with Crippen molar-refractivity contribution in [2.75, 3.05) is 7.11 Å². The third kappa shape index (κ3) is 3.21. The van der Waals surface area contributed by atoms with Crippen molar-refractivity contribution in [3.63, 3.8) is 0 Å². The minimum absolute atomic E-state index is 0.0737. The topological polar surface area (TPSA) is 81.5 Å². The average Bonchev–Trinajstić information content (AvgIpc) is 3.14. The summed E-state index contributed by atoms with van der Waals surface area (Å²) in [6, 6.07) is 8.89. The minimum atomic E-state index is -0.504. The Morgan fingerprint density at radius 2 is 2.00 bits per heavy atom. The van der Waals surface area contributed by atoms with Crippen LogP contribution in [0.5, 0.6) is 0 Å². The Balaban J connectivity index is 1.71. The number of aromatic nitrogens is 1. The van der Waals surface area contributed by atoms with Crippen LogP contribution in [-0.4, -0.2) is 24.0 Å². The smallest absolute Gasteiger partial charge is 0.355 e. The number of halogens is 1. The molecule has 0 unspecified atom stereocenters. The van der Waals surface area contributed by atoms with Crippen LogP contribution in [0, 0.1) is 6.92 Å². The summed E-state index contributed by atoms with van der Waals surface area (Å²) in [7, 11) is 1.29. The Kier molecular flexibility index (Phi) is 4.44. The molecule has 2 aromatic heterocycles. The summed E-state index contributed by atoms with van der Waals surface area (Å²) in [6.07, 6.45) is 0. The van der Waals surface area contributed by atoms with Gasteiger partial charge >= 0.3 is 11.9 Å². The lowest BCUT2D eigenvalue weighted by Gasteiger charge is -2.00. The van der Waals surface area contributed by atoms with E-state index >= 15 is 0 Å². The molecule has 0 fully saturated rings. The van der Waals surface area contributed by atoms with Gasteiger partial charge in [-0.15, -0.1) is 0 Å². The Bertz CT molecular complexity index is 924. The molecule has 24 heavy (non-hydrogen) atoms. The molecule has 0 aliphatic heterocycles. The Morgan fingerprint density at radius 1 is 1.21 bits per heavy atom. The number of hydrogen-bond donors (Lipinski definition) is 1. The number of nitrogens with one attached hydrogen (secondary N) is 1. The molecule has 0 aliphatic carbocycles. The maximum absolute atomic E-state index is 12.2. The normalized spacial score (nSPS) is 10.8. The summed E-state index contributed by atoms with van der Waals surface area (Å²) in [5, 5.41) is 0.901. The predicted molar refractivity (Wildman–Crippen MR) is 89.9 cm³/mol. The zero-order valence-electron chi connectivity index (χ0n) is 13.0. The maximum atomic E-state index is 12.2. The molecule has 0 amide bonds. The van der Waals surface area contributed by atoms with Gasteiger partial charge in [-0.25, -0.2) is 9.59 Å². The van der Waals surface area contributed by atoms with E-state index in [1.54, 1.807) is 13.0 Å². The number of furan rings is 1. The van der Waals surface area contributed by atoms with Crippen LogP contribution in [0.4, 0.5) is 0 Å². The van der Waals surface area contributed by atoms with Crippen molar-refractivity contribution < 1.29 is 23.5 Å². The second-order valence-corrected chi connectivity index (χ2v) is 6.08. The second kappa shape index (κ2) is 6.52. The third-order valence-corrected chi connectivity index (χ3v) is 4.02. The highest BCUT2D eigenvalue weighted by molar-refractivity contribution is 9.10. The molecule has 2 heterocycles. The van der Waals surface area contributed by atoms with Gasteiger partial charge in [0.2, 0.25) is 0 Å². The fourth-order valence-electron chi connectivity index (χ4n) is 2.36. The van der Waals surface area contributed by atoms with Crippen LogP contribution in [0.25, 0.3) is 10.9 Å². The molecule has 0 radical (unpaired) electrons. The van der Waals surface area contributed by atoms with Gasteiger partial charge in [-0.3, -0.25) is 0 Å². The van der Waals surface area contributed by atoms with E-state index in [1.165, 1.54) is 13.2 Å². The highest BCUT2D eigenvalue weighted by Crippen LogP contribution is 2.21. The van der Waals surface area contributed by atoms with Gasteiger partial charge in [-0.05, 0) is 37.3 Å². The molecule has 1 N–H and O–H groups in total. The molecule has 3 rings (SSSR count). The first-order valence-corrected chi connectivity index (χ1v) is 7.90. The second-order valence-electron chi connectivity index (χ2n) is 5.16. The molecule has 0 atom stereocenters. The van der Waals surface area contributed by atoms with Crippen molar-refractivity contribution in [2.45, 2.75) is 13.5 Å². The molecule has 6 nitrogen and oxygen atoms in total.